The maximum atomic E-state index is 9.51. The molecule has 0 bridgehead atoms. The molecular weight excluding hydrogens is 274 g/mol. The van der Waals surface area contributed by atoms with E-state index in [1.54, 1.807) is 24.3 Å². The zero-order chi connectivity index (χ0) is 15.5. The number of para-hydroxylation sites is 1. The molecule has 0 aliphatic carbocycles. The summed E-state index contributed by atoms with van der Waals surface area (Å²) in [5.41, 5.74) is 9.93. The molecule has 4 N–H and O–H groups in total. The van der Waals surface area contributed by atoms with Crippen LogP contribution in [0.25, 0.3) is 0 Å². The van der Waals surface area contributed by atoms with Crippen molar-refractivity contribution in [2.24, 2.45) is 0 Å². The Morgan fingerprint density at radius 2 is 1.09 bits per heavy atom. The lowest BCUT2D eigenvalue weighted by Crippen LogP contribution is -2.06. The number of rotatable bonds is 3. The topological polar surface area (TPSA) is 66.5 Å². The average molecular weight is 291 g/mol. The van der Waals surface area contributed by atoms with Crippen LogP contribution in [0, 0.1) is 0 Å². The van der Waals surface area contributed by atoms with Gasteiger partial charge in [0.1, 0.15) is 11.5 Å². The quantitative estimate of drug-likeness (QED) is 0.507. The second-order valence-corrected chi connectivity index (χ2v) is 5.24. The maximum Gasteiger partial charge on any atom is 0.115 e. The van der Waals surface area contributed by atoms with Gasteiger partial charge in [-0.2, -0.15) is 0 Å². The summed E-state index contributed by atoms with van der Waals surface area (Å²) in [5, 5.41) is 19.0. The first-order valence-electron chi connectivity index (χ1n) is 7.07. The number of nitrogens with two attached hydrogens (primary N) is 1. The van der Waals surface area contributed by atoms with Crippen LogP contribution in [0.3, 0.4) is 0 Å². The highest BCUT2D eigenvalue weighted by Crippen LogP contribution is 2.36. The van der Waals surface area contributed by atoms with Gasteiger partial charge in [-0.3, -0.25) is 0 Å². The third kappa shape index (κ3) is 2.74. The van der Waals surface area contributed by atoms with Crippen molar-refractivity contribution in [1.29, 1.82) is 0 Å². The summed E-state index contributed by atoms with van der Waals surface area (Å²) in [4.78, 5) is 0. The number of anilines is 1. The number of nitrogen functional groups attached to an aromatic ring is 1. The number of benzene rings is 3. The molecule has 0 aromatic heterocycles. The van der Waals surface area contributed by atoms with Gasteiger partial charge in [0.25, 0.3) is 0 Å². The van der Waals surface area contributed by atoms with Crippen LogP contribution in [-0.2, 0) is 0 Å². The Kier molecular flexibility index (Phi) is 3.71. The smallest absolute Gasteiger partial charge is 0.115 e. The number of aromatic hydroxyl groups is 2. The highest BCUT2D eigenvalue weighted by atomic mass is 16.3. The van der Waals surface area contributed by atoms with Crippen molar-refractivity contribution in [3.05, 3.63) is 89.5 Å². The molecule has 3 heteroatoms. The zero-order valence-electron chi connectivity index (χ0n) is 12.0. The summed E-state index contributed by atoms with van der Waals surface area (Å²) in [6.07, 6.45) is 0. The number of phenolic OH excluding ortho intramolecular Hbond substituents is 2. The molecule has 0 heterocycles. The van der Waals surface area contributed by atoms with Crippen molar-refractivity contribution in [2.45, 2.75) is 5.92 Å². The lowest BCUT2D eigenvalue weighted by Gasteiger charge is -2.20. The van der Waals surface area contributed by atoms with Gasteiger partial charge >= 0.3 is 0 Å². The molecule has 0 aliphatic rings. The van der Waals surface area contributed by atoms with Crippen molar-refractivity contribution in [3.8, 4) is 11.5 Å². The Labute approximate surface area is 129 Å². The van der Waals surface area contributed by atoms with Gasteiger partial charge in [0.15, 0.2) is 0 Å². The summed E-state index contributed by atoms with van der Waals surface area (Å²) in [7, 11) is 0. The van der Waals surface area contributed by atoms with Crippen molar-refractivity contribution >= 4 is 5.69 Å². The molecule has 0 saturated heterocycles. The summed E-state index contributed by atoms with van der Waals surface area (Å²) in [6, 6.07) is 22.0. The molecule has 0 radical (unpaired) electrons. The van der Waals surface area contributed by atoms with E-state index in [0.717, 1.165) is 16.7 Å². The molecular formula is C19H17NO2. The molecule has 0 amide bonds. The Bertz CT molecular complexity index is 719. The van der Waals surface area contributed by atoms with Crippen molar-refractivity contribution in [2.75, 3.05) is 5.73 Å². The van der Waals surface area contributed by atoms with E-state index in [1.165, 1.54) is 0 Å². The van der Waals surface area contributed by atoms with Crippen LogP contribution in [0.15, 0.2) is 72.8 Å². The first-order chi connectivity index (χ1) is 10.6. The van der Waals surface area contributed by atoms with E-state index in [1.807, 2.05) is 48.5 Å². The largest absolute Gasteiger partial charge is 0.508 e. The van der Waals surface area contributed by atoms with Gasteiger partial charge in [-0.05, 0) is 47.0 Å². The molecule has 22 heavy (non-hydrogen) atoms. The Balaban J connectivity index is 2.16. The maximum absolute atomic E-state index is 9.51. The molecule has 110 valence electrons. The number of phenols is 2. The van der Waals surface area contributed by atoms with Gasteiger partial charge in [0.2, 0.25) is 0 Å². The molecule has 3 aromatic carbocycles. The van der Waals surface area contributed by atoms with E-state index in [-0.39, 0.29) is 17.4 Å². The molecule has 0 spiro atoms. The summed E-state index contributed by atoms with van der Waals surface area (Å²) in [5.74, 6) is 0.408. The first kappa shape index (κ1) is 14.0. The fourth-order valence-electron chi connectivity index (χ4n) is 2.66. The molecule has 0 atom stereocenters. The highest BCUT2D eigenvalue weighted by molar-refractivity contribution is 5.56. The first-order valence-corrected chi connectivity index (χ1v) is 7.07. The number of hydrogen-bond donors (Lipinski definition) is 3. The molecule has 0 unspecified atom stereocenters. The molecule has 3 nitrogen and oxygen atoms in total. The van der Waals surface area contributed by atoms with Gasteiger partial charge < -0.3 is 15.9 Å². The molecule has 3 aromatic rings. The van der Waals surface area contributed by atoms with E-state index in [0.29, 0.717) is 5.69 Å². The summed E-state index contributed by atoms with van der Waals surface area (Å²) >= 11 is 0. The Morgan fingerprint density at radius 3 is 1.55 bits per heavy atom. The van der Waals surface area contributed by atoms with Crippen LogP contribution in [0.5, 0.6) is 11.5 Å². The van der Waals surface area contributed by atoms with Crippen molar-refractivity contribution in [1.82, 2.24) is 0 Å². The van der Waals surface area contributed by atoms with E-state index >= 15 is 0 Å². The second-order valence-electron chi connectivity index (χ2n) is 5.24. The molecule has 0 aliphatic heterocycles. The van der Waals surface area contributed by atoms with Crippen LogP contribution in [0.1, 0.15) is 22.6 Å². The third-order valence-corrected chi connectivity index (χ3v) is 3.76. The minimum absolute atomic E-state index is 0.0533. The standard InChI is InChI=1S/C19H17NO2/c20-18-4-2-1-3-17(18)19(13-5-9-15(21)10-6-13)14-7-11-16(22)12-8-14/h1-12,19,21-22H,20H2. The van der Waals surface area contributed by atoms with Gasteiger partial charge in [-0.15, -0.1) is 0 Å². The summed E-state index contributed by atoms with van der Waals surface area (Å²) < 4.78 is 0. The third-order valence-electron chi connectivity index (χ3n) is 3.76. The van der Waals surface area contributed by atoms with E-state index in [4.69, 9.17) is 5.73 Å². The fraction of sp³-hybridized carbons (Fsp3) is 0.0526. The monoisotopic (exact) mass is 291 g/mol. The SMILES string of the molecule is Nc1ccccc1C(c1ccc(O)cc1)c1ccc(O)cc1. The Morgan fingerprint density at radius 1 is 0.636 bits per heavy atom. The van der Waals surface area contributed by atoms with E-state index in [2.05, 4.69) is 0 Å². The number of hydrogen-bond acceptors (Lipinski definition) is 3. The van der Waals surface area contributed by atoms with Crippen LogP contribution >= 0.6 is 0 Å². The predicted molar refractivity (Wildman–Crippen MR) is 88.0 cm³/mol. The fourth-order valence-corrected chi connectivity index (χ4v) is 2.66. The minimum Gasteiger partial charge on any atom is -0.508 e. The van der Waals surface area contributed by atoms with Crippen LogP contribution in [0.2, 0.25) is 0 Å². The van der Waals surface area contributed by atoms with Gasteiger partial charge in [0.05, 0.1) is 0 Å². The highest BCUT2D eigenvalue weighted by Gasteiger charge is 2.18. The van der Waals surface area contributed by atoms with Crippen molar-refractivity contribution in [3.63, 3.8) is 0 Å². The Hall–Kier alpha value is -2.94. The van der Waals surface area contributed by atoms with Crippen LogP contribution < -0.4 is 5.73 Å². The van der Waals surface area contributed by atoms with Crippen LogP contribution in [-0.4, -0.2) is 10.2 Å². The normalized spacial score (nSPS) is 10.8. The van der Waals surface area contributed by atoms with E-state index in [9.17, 15) is 10.2 Å². The van der Waals surface area contributed by atoms with Crippen LogP contribution in [0.4, 0.5) is 5.69 Å². The molecule has 0 saturated carbocycles. The minimum atomic E-state index is -0.0533. The zero-order valence-corrected chi connectivity index (χ0v) is 12.0. The molecule has 3 rings (SSSR count). The summed E-state index contributed by atoms with van der Waals surface area (Å²) in [6.45, 7) is 0. The lowest BCUT2D eigenvalue weighted by molar-refractivity contribution is 0.475. The van der Waals surface area contributed by atoms with E-state index < -0.39 is 0 Å². The van der Waals surface area contributed by atoms with Gasteiger partial charge in [0, 0.05) is 11.6 Å². The van der Waals surface area contributed by atoms with Gasteiger partial charge in [-0.25, -0.2) is 0 Å². The predicted octanol–water partition coefficient (Wildman–Crippen LogP) is 3.86. The molecule has 0 fully saturated rings. The lowest BCUT2D eigenvalue weighted by atomic mass is 9.84. The van der Waals surface area contributed by atoms with Gasteiger partial charge in [-0.1, -0.05) is 42.5 Å². The average Bonchev–Trinajstić information content (AvgIpc) is 2.53. The second kappa shape index (κ2) is 5.82. The van der Waals surface area contributed by atoms with Crippen molar-refractivity contribution < 1.29 is 10.2 Å².